The topological polar surface area (TPSA) is 104 Å². The second-order valence-electron chi connectivity index (χ2n) is 7.76. The van der Waals surface area contributed by atoms with E-state index in [0.717, 1.165) is 6.07 Å². The van der Waals surface area contributed by atoms with Gasteiger partial charge in [-0.1, -0.05) is 13.0 Å². The fourth-order valence-electron chi connectivity index (χ4n) is 4.42. The molecule has 2 aliphatic rings. The van der Waals surface area contributed by atoms with Crippen molar-refractivity contribution >= 4 is 11.8 Å². The van der Waals surface area contributed by atoms with E-state index in [-0.39, 0.29) is 35.4 Å². The maximum absolute atomic E-state index is 13.9. The molecule has 3 heterocycles. The fourth-order valence-corrected chi connectivity index (χ4v) is 4.42. The number of aromatic nitrogens is 1. The molecule has 0 spiro atoms. The lowest BCUT2D eigenvalue weighted by molar-refractivity contribution is 0.0713. The van der Waals surface area contributed by atoms with Crippen LogP contribution in [0, 0.1) is 11.6 Å². The van der Waals surface area contributed by atoms with Crippen LogP contribution in [-0.4, -0.2) is 46.5 Å². The summed E-state index contributed by atoms with van der Waals surface area (Å²) in [7, 11) is 1.59. The molecule has 2 aromatic rings. The molecule has 2 atom stereocenters. The van der Waals surface area contributed by atoms with Crippen LogP contribution in [0.15, 0.2) is 23.0 Å². The Hall–Kier alpha value is -3.27. The van der Waals surface area contributed by atoms with Gasteiger partial charge in [0.05, 0.1) is 17.8 Å². The van der Waals surface area contributed by atoms with Crippen LogP contribution >= 0.6 is 0 Å². The molecule has 0 aliphatic carbocycles. The zero-order valence-corrected chi connectivity index (χ0v) is 17.0. The van der Waals surface area contributed by atoms with E-state index in [4.69, 9.17) is 0 Å². The first-order valence-electron chi connectivity index (χ1n) is 9.96. The summed E-state index contributed by atoms with van der Waals surface area (Å²) in [5.41, 5.74) is -0.977. The Balaban J connectivity index is 1.78. The van der Waals surface area contributed by atoms with Gasteiger partial charge >= 0.3 is 0 Å². The maximum Gasteiger partial charge on any atom is 0.274 e. The number of hydrogen-bond acceptors (Lipinski definition) is 5. The minimum absolute atomic E-state index is 0.0476. The molecule has 31 heavy (non-hydrogen) atoms. The molecule has 2 amide bonds. The zero-order valence-electron chi connectivity index (χ0n) is 17.0. The van der Waals surface area contributed by atoms with Gasteiger partial charge in [0.15, 0.2) is 11.4 Å². The van der Waals surface area contributed by atoms with Gasteiger partial charge in [-0.2, -0.15) is 0 Å². The summed E-state index contributed by atoms with van der Waals surface area (Å²) in [5, 5.41) is 16.2. The summed E-state index contributed by atoms with van der Waals surface area (Å²) >= 11 is 0. The third-order valence-electron chi connectivity index (χ3n) is 5.79. The predicted octanol–water partition coefficient (Wildman–Crippen LogP) is 1.44. The second kappa shape index (κ2) is 7.77. The number of amides is 2. The molecule has 164 valence electrons. The Morgan fingerprint density at radius 3 is 2.71 bits per heavy atom. The third kappa shape index (κ3) is 3.36. The normalized spacial score (nSPS) is 19.5. The van der Waals surface area contributed by atoms with Crippen molar-refractivity contribution in [2.45, 2.75) is 32.0 Å². The van der Waals surface area contributed by atoms with E-state index in [0.29, 0.717) is 31.3 Å². The third-order valence-corrected chi connectivity index (χ3v) is 5.79. The van der Waals surface area contributed by atoms with Gasteiger partial charge in [-0.3, -0.25) is 14.4 Å². The molecule has 0 fully saturated rings. The van der Waals surface area contributed by atoms with Crippen molar-refractivity contribution in [3.63, 3.8) is 0 Å². The first kappa shape index (κ1) is 21.0. The highest BCUT2D eigenvalue weighted by Gasteiger charge is 2.44. The number of hydrogen-bond donors (Lipinski definition) is 3. The van der Waals surface area contributed by atoms with Crippen LogP contribution in [0.2, 0.25) is 0 Å². The number of aromatic hydroxyl groups is 1. The van der Waals surface area contributed by atoms with E-state index >= 15 is 0 Å². The molecule has 0 bridgehead atoms. The van der Waals surface area contributed by atoms with E-state index in [2.05, 4.69) is 10.6 Å². The summed E-state index contributed by atoms with van der Waals surface area (Å²) in [4.78, 5) is 40.0. The molecule has 1 unspecified atom stereocenters. The van der Waals surface area contributed by atoms with E-state index in [1.807, 2.05) is 6.92 Å². The van der Waals surface area contributed by atoms with Gasteiger partial charge in [0.25, 0.3) is 11.8 Å². The number of benzene rings is 1. The second-order valence-corrected chi connectivity index (χ2v) is 7.76. The Bertz CT molecular complexity index is 1150. The number of nitrogens with zero attached hydrogens (tertiary/aromatic N) is 2. The largest absolute Gasteiger partial charge is 0.503 e. The van der Waals surface area contributed by atoms with Crippen molar-refractivity contribution < 1.29 is 23.5 Å². The minimum Gasteiger partial charge on any atom is -0.503 e. The number of likely N-dealkylation sites (N-methyl/N-ethyl adjacent to an activating group) is 1. The van der Waals surface area contributed by atoms with Gasteiger partial charge in [0, 0.05) is 31.8 Å². The Morgan fingerprint density at radius 2 is 2.03 bits per heavy atom. The predicted molar refractivity (Wildman–Crippen MR) is 107 cm³/mol. The molecule has 1 aromatic carbocycles. The molecular weight excluding hydrogens is 410 g/mol. The molecule has 0 saturated carbocycles. The van der Waals surface area contributed by atoms with Crippen LogP contribution < -0.4 is 16.1 Å². The minimum atomic E-state index is -0.953. The van der Waals surface area contributed by atoms with Crippen LogP contribution in [0.25, 0.3) is 0 Å². The van der Waals surface area contributed by atoms with Crippen molar-refractivity contribution in [2.24, 2.45) is 0 Å². The highest BCUT2D eigenvalue weighted by Crippen LogP contribution is 2.41. The highest BCUT2D eigenvalue weighted by molar-refractivity contribution is 6.00. The van der Waals surface area contributed by atoms with E-state index < -0.39 is 34.6 Å². The van der Waals surface area contributed by atoms with Crippen molar-refractivity contribution in [3.8, 4) is 5.75 Å². The molecule has 0 saturated heterocycles. The summed E-state index contributed by atoms with van der Waals surface area (Å²) in [5.74, 6) is -3.64. The SMILES string of the molecule is CCN[C@H]1CC2CN(C)C(=O)c3c(O)c(=O)c(C(=O)NCc4ccc(F)cc4F)c1n32. The van der Waals surface area contributed by atoms with Gasteiger partial charge in [0.1, 0.15) is 17.2 Å². The van der Waals surface area contributed by atoms with Gasteiger partial charge in [-0.15, -0.1) is 0 Å². The Kier molecular flexibility index (Phi) is 5.26. The van der Waals surface area contributed by atoms with Gasteiger partial charge in [-0.05, 0) is 19.0 Å². The molecule has 0 radical (unpaired) electrons. The smallest absolute Gasteiger partial charge is 0.274 e. The van der Waals surface area contributed by atoms with E-state index in [1.165, 1.54) is 11.0 Å². The van der Waals surface area contributed by atoms with Crippen molar-refractivity contribution in [3.05, 3.63) is 62.6 Å². The number of nitrogens with one attached hydrogen (secondary N) is 2. The molecule has 10 heteroatoms. The number of halogens is 2. The maximum atomic E-state index is 13.9. The Morgan fingerprint density at radius 1 is 1.29 bits per heavy atom. The Labute approximate surface area is 176 Å². The van der Waals surface area contributed by atoms with Gasteiger partial charge < -0.3 is 25.2 Å². The number of carbonyl (C=O) groups is 2. The summed E-state index contributed by atoms with van der Waals surface area (Å²) < 4.78 is 28.6. The van der Waals surface area contributed by atoms with Crippen LogP contribution in [0.1, 0.15) is 57.5 Å². The molecule has 3 N–H and O–H groups in total. The highest BCUT2D eigenvalue weighted by atomic mass is 19.1. The van der Waals surface area contributed by atoms with E-state index in [9.17, 15) is 28.3 Å². The number of pyridine rings is 1. The first-order chi connectivity index (χ1) is 14.7. The van der Waals surface area contributed by atoms with Crippen LogP contribution in [0.5, 0.6) is 5.75 Å². The summed E-state index contributed by atoms with van der Waals surface area (Å²) in [6, 6.07) is 2.40. The summed E-state index contributed by atoms with van der Waals surface area (Å²) in [6.07, 6.45) is 0.536. The lowest BCUT2D eigenvalue weighted by Crippen LogP contribution is -2.42. The average Bonchev–Trinajstić information content (AvgIpc) is 3.05. The van der Waals surface area contributed by atoms with Crippen molar-refractivity contribution in [1.29, 1.82) is 0 Å². The average molecular weight is 432 g/mol. The molecule has 1 aromatic heterocycles. The van der Waals surface area contributed by atoms with Crippen molar-refractivity contribution in [1.82, 2.24) is 20.1 Å². The zero-order chi connectivity index (χ0) is 22.4. The number of carbonyl (C=O) groups excluding carboxylic acids is 2. The molecular formula is C21H22F2N4O4. The number of rotatable bonds is 5. The van der Waals surface area contributed by atoms with Crippen LogP contribution in [-0.2, 0) is 6.54 Å². The molecule has 2 aliphatic heterocycles. The standard InChI is InChI=1S/C21H22F2N4O4/c1-3-24-14-7-12-9-26(2)21(31)17-19(29)18(28)15(16(14)27(12)17)20(30)25-8-10-4-5-11(22)6-13(10)23/h4-6,12,14,24,29H,3,7-9H2,1-2H3,(H,25,30)/t12?,14-/m0/s1. The lowest BCUT2D eigenvalue weighted by Gasteiger charge is -2.32. The monoisotopic (exact) mass is 432 g/mol. The van der Waals surface area contributed by atoms with Crippen LogP contribution in [0.3, 0.4) is 0 Å². The summed E-state index contributed by atoms with van der Waals surface area (Å²) in [6.45, 7) is 2.55. The van der Waals surface area contributed by atoms with Crippen LogP contribution in [0.4, 0.5) is 8.78 Å². The van der Waals surface area contributed by atoms with Gasteiger partial charge in [0.2, 0.25) is 5.43 Å². The van der Waals surface area contributed by atoms with Gasteiger partial charge in [-0.25, -0.2) is 8.78 Å². The quantitative estimate of drug-likeness (QED) is 0.664. The lowest BCUT2D eigenvalue weighted by atomic mass is 10.0. The van der Waals surface area contributed by atoms with E-state index in [1.54, 1.807) is 11.6 Å². The molecule has 8 nitrogen and oxygen atoms in total. The van der Waals surface area contributed by atoms with Crippen molar-refractivity contribution in [2.75, 3.05) is 20.1 Å². The first-order valence-corrected chi connectivity index (χ1v) is 9.96. The fraction of sp³-hybridized carbons (Fsp3) is 0.381. The molecule has 4 rings (SSSR count).